The number of ether oxygens (including phenoxy) is 1. The smallest absolute Gasteiger partial charge is 0.264 e. The molecule has 0 aliphatic rings. The third-order valence-electron chi connectivity index (χ3n) is 5.06. The van der Waals surface area contributed by atoms with E-state index in [4.69, 9.17) is 33.0 Å². The first-order chi connectivity index (χ1) is 15.9. The number of halogens is 1. The van der Waals surface area contributed by atoms with Crippen molar-refractivity contribution in [2.45, 2.75) is 20.3 Å². The first kappa shape index (κ1) is 22.8. The van der Waals surface area contributed by atoms with Gasteiger partial charge in [-0.25, -0.2) is 4.98 Å². The number of oxazole rings is 1. The summed E-state index contributed by atoms with van der Waals surface area (Å²) >= 11 is 11.2. The normalized spacial score (nSPS) is 10.8. The van der Waals surface area contributed by atoms with Crippen LogP contribution in [0, 0.1) is 13.8 Å². The molecule has 4 aromatic rings. The van der Waals surface area contributed by atoms with Crippen LogP contribution < -0.4 is 15.4 Å². The molecule has 0 aliphatic carbocycles. The number of amides is 1. The average Bonchev–Trinajstić information content (AvgIpc) is 3.17. The molecular formula is C25H22ClN3O3S. The van der Waals surface area contributed by atoms with Crippen LogP contribution in [0.2, 0.25) is 5.02 Å². The summed E-state index contributed by atoms with van der Waals surface area (Å²) in [6.07, 6.45) is 0.545. The molecule has 33 heavy (non-hydrogen) atoms. The van der Waals surface area contributed by atoms with Crippen molar-refractivity contribution in [2.24, 2.45) is 0 Å². The topological polar surface area (TPSA) is 76.4 Å². The van der Waals surface area contributed by atoms with E-state index in [1.54, 1.807) is 12.1 Å². The van der Waals surface area contributed by atoms with Gasteiger partial charge in [-0.2, -0.15) is 0 Å². The van der Waals surface area contributed by atoms with E-state index in [9.17, 15) is 4.79 Å². The van der Waals surface area contributed by atoms with E-state index in [-0.39, 0.29) is 17.6 Å². The van der Waals surface area contributed by atoms with Gasteiger partial charge in [-0.3, -0.25) is 10.1 Å². The SMILES string of the molecule is Cc1ccc(OCC(=O)NC(=S)Nc2ccc(Cc3nc4cc(Cl)ccc4o3)cc2)cc1C. The Morgan fingerprint density at radius 2 is 1.85 bits per heavy atom. The molecule has 0 aliphatic heterocycles. The predicted octanol–water partition coefficient (Wildman–Crippen LogP) is 5.58. The van der Waals surface area contributed by atoms with Crippen molar-refractivity contribution in [2.75, 3.05) is 11.9 Å². The van der Waals surface area contributed by atoms with Crippen LogP contribution in [0.25, 0.3) is 11.1 Å². The summed E-state index contributed by atoms with van der Waals surface area (Å²) in [4.78, 5) is 16.6. The molecule has 0 saturated heterocycles. The number of anilines is 1. The Labute approximate surface area is 201 Å². The summed E-state index contributed by atoms with van der Waals surface area (Å²) in [5, 5.41) is 6.44. The van der Waals surface area contributed by atoms with E-state index >= 15 is 0 Å². The van der Waals surface area contributed by atoms with Crippen molar-refractivity contribution in [1.29, 1.82) is 0 Å². The molecule has 8 heteroatoms. The molecule has 0 saturated carbocycles. The molecule has 1 amide bonds. The van der Waals surface area contributed by atoms with Crippen molar-refractivity contribution in [1.82, 2.24) is 10.3 Å². The van der Waals surface area contributed by atoms with E-state index in [1.165, 1.54) is 5.56 Å². The molecule has 0 radical (unpaired) electrons. The van der Waals surface area contributed by atoms with Gasteiger partial charge in [-0.15, -0.1) is 0 Å². The molecule has 168 valence electrons. The van der Waals surface area contributed by atoms with E-state index in [0.29, 0.717) is 28.7 Å². The lowest BCUT2D eigenvalue weighted by Gasteiger charge is -2.11. The van der Waals surface area contributed by atoms with Gasteiger partial charge < -0.3 is 14.5 Å². The summed E-state index contributed by atoms with van der Waals surface area (Å²) < 4.78 is 11.3. The predicted molar refractivity (Wildman–Crippen MR) is 134 cm³/mol. The van der Waals surface area contributed by atoms with Crippen LogP contribution in [0.1, 0.15) is 22.6 Å². The lowest BCUT2D eigenvalue weighted by molar-refractivity contribution is -0.121. The summed E-state index contributed by atoms with van der Waals surface area (Å²) in [5.74, 6) is 0.919. The Hall–Kier alpha value is -3.42. The van der Waals surface area contributed by atoms with Crippen molar-refractivity contribution in [3.05, 3.63) is 88.3 Å². The maximum absolute atomic E-state index is 12.1. The highest BCUT2D eigenvalue weighted by Crippen LogP contribution is 2.22. The van der Waals surface area contributed by atoms with Crippen LogP contribution in [-0.2, 0) is 11.2 Å². The van der Waals surface area contributed by atoms with Crippen LogP contribution in [0.5, 0.6) is 5.75 Å². The number of hydrogen-bond acceptors (Lipinski definition) is 5. The molecule has 0 bridgehead atoms. The molecule has 0 unspecified atom stereocenters. The van der Waals surface area contributed by atoms with Crippen molar-refractivity contribution >= 4 is 51.6 Å². The second kappa shape index (κ2) is 10.0. The summed E-state index contributed by atoms with van der Waals surface area (Å²) in [5.41, 5.74) is 5.49. The lowest BCUT2D eigenvalue weighted by atomic mass is 10.1. The fourth-order valence-corrected chi connectivity index (χ4v) is 3.58. The van der Waals surface area contributed by atoms with Gasteiger partial charge in [0.1, 0.15) is 11.3 Å². The third-order valence-corrected chi connectivity index (χ3v) is 5.50. The largest absolute Gasteiger partial charge is 0.484 e. The first-order valence-corrected chi connectivity index (χ1v) is 11.1. The van der Waals surface area contributed by atoms with Crippen molar-refractivity contribution in [3.63, 3.8) is 0 Å². The summed E-state index contributed by atoms with van der Waals surface area (Å²) in [7, 11) is 0. The Morgan fingerprint density at radius 1 is 1.06 bits per heavy atom. The van der Waals surface area contributed by atoms with Crippen LogP contribution >= 0.6 is 23.8 Å². The molecule has 3 aromatic carbocycles. The number of carbonyl (C=O) groups is 1. The Morgan fingerprint density at radius 3 is 2.61 bits per heavy atom. The van der Waals surface area contributed by atoms with E-state index in [0.717, 1.165) is 22.3 Å². The minimum Gasteiger partial charge on any atom is -0.484 e. The number of fused-ring (bicyclic) bond motifs is 1. The fraction of sp³-hybridized carbons (Fsp3) is 0.160. The minimum absolute atomic E-state index is 0.126. The number of thiocarbonyl (C=S) groups is 1. The number of aryl methyl sites for hydroxylation is 2. The highest BCUT2D eigenvalue weighted by atomic mass is 35.5. The van der Waals surface area contributed by atoms with E-state index in [2.05, 4.69) is 15.6 Å². The maximum atomic E-state index is 12.1. The maximum Gasteiger partial charge on any atom is 0.264 e. The number of aromatic nitrogens is 1. The average molecular weight is 480 g/mol. The van der Waals surface area contributed by atoms with Gasteiger partial charge in [-0.05, 0) is 85.2 Å². The van der Waals surface area contributed by atoms with Crippen LogP contribution in [-0.4, -0.2) is 22.6 Å². The number of nitrogens with zero attached hydrogens (tertiary/aromatic N) is 1. The Balaban J connectivity index is 1.27. The zero-order chi connectivity index (χ0) is 23.4. The molecule has 1 heterocycles. The molecule has 6 nitrogen and oxygen atoms in total. The van der Waals surface area contributed by atoms with Crippen LogP contribution in [0.4, 0.5) is 5.69 Å². The van der Waals surface area contributed by atoms with Gasteiger partial charge in [0.15, 0.2) is 23.2 Å². The van der Waals surface area contributed by atoms with Gasteiger partial charge >= 0.3 is 0 Å². The Kier molecular flexibility index (Phi) is 6.91. The number of benzene rings is 3. The van der Waals surface area contributed by atoms with Gasteiger partial charge in [0.2, 0.25) is 0 Å². The number of rotatable bonds is 6. The van der Waals surface area contributed by atoms with Gasteiger partial charge in [0.25, 0.3) is 5.91 Å². The molecule has 4 rings (SSSR count). The van der Waals surface area contributed by atoms with Crippen molar-refractivity contribution in [3.8, 4) is 5.75 Å². The molecule has 0 spiro atoms. The van der Waals surface area contributed by atoms with Gasteiger partial charge in [-0.1, -0.05) is 29.8 Å². The standard InChI is InChI=1S/C25H22ClN3O3S/c1-15-3-9-20(11-16(15)2)31-14-23(30)29-25(33)27-19-7-4-17(5-8-19)12-24-28-21-13-18(26)6-10-22(21)32-24/h3-11,13H,12,14H2,1-2H3,(H2,27,29,30,33). The van der Waals surface area contributed by atoms with Crippen LogP contribution in [0.3, 0.4) is 0 Å². The zero-order valence-corrected chi connectivity index (χ0v) is 19.7. The lowest BCUT2D eigenvalue weighted by Crippen LogP contribution is -2.37. The third kappa shape index (κ3) is 6.09. The number of nitrogens with one attached hydrogen (secondary N) is 2. The van der Waals surface area contributed by atoms with Crippen LogP contribution in [0.15, 0.2) is 65.1 Å². The molecule has 0 fully saturated rings. The Bertz CT molecular complexity index is 1320. The van der Waals surface area contributed by atoms with E-state index < -0.39 is 0 Å². The molecule has 0 atom stereocenters. The second-order valence-corrected chi connectivity index (χ2v) is 8.48. The zero-order valence-electron chi connectivity index (χ0n) is 18.1. The highest BCUT2D eigenvalue weighted by molar-refractivity contribution is 7.80. The molecule has 1 aromatic heterocycles. The molecule has 2 N–H and O–H groups in total. The number of hydrogen-bond donors (Lipinski definition) is 2. The summed E-state index contributed by atoms with van der Waals surface area (Å²) in [6.45, 7) is 3.89. The first-order valence-electron chi connectivity index (χ1n) is 10.3. The quantitative estimate of drug-likeness (QED) is 0.351. The van der Waals surface area contributed by atoms with Crippen molar-refractivity contribution < 1.29 is 13.9 Å². The number of carbonyl (C=O) groups excluding carboxylic acids is 1. The van der Waals surface area contributed by atoms with E-state index in [1.807, 2.05) is 62.4 Å². The highest BCUT2D eigenvalue weighted by Gasteiger charge is 2.09. The second-order valence-electron chi connectivity index (χ2n) is 7.63. The molecular weight excluding hydrogens is 458 g/mol. The van der Waals surface area contributed by atoms with Gasteiger partial charge in [0.05, 0.1) is 0 Å². The van der Waals surface area contributed by atoms with Gasteiger partial charge in [0, 0.05) is 17.1 Å². The fourth-order valence-electron chi connectivity index (χ4n) is 3.18. The summed E-state index contributed by atoms with van der Waals surface area (Å²) in [6, 6.07) is 18.7. The minimum atomic E-state index is -0.335. The monoisotopic (exact) mass is 479 g/mol.